The molecule has 0 spiro atoms. The largest absolute Gasteiger partial charge is 0.375 e. The second-order valence-electron chi connectivity index (χ2n) is 4.60. The van der Waals surface area contributed by atoms with Gasteiger partial charge in [0.15, 0.2) is 10.8 Å². The zero-order valence-electron chi connectivity index (χ0n) is 10.7. The number of H-pyrrole nitrogens is 1. The maximum atomic E-state index is 5.61. The lowest BCUT2D eigenvalue weighted by atomic mass is 10.2. The van der Waals surface area contributed by atoms with E-state index in [1.54, 1.807) is 0 Å². The van der Waals surface area contributed by atoms with E-state index in [0.717, 1.165) is 47.5 Å². The van der Waals surface area contributed by atoms with Crippen LogP contribution in [0.25, 0.3) is 11.2 Å². The first kappa shape index (κ1) is 12.1. The standard InChI is InChI=1S/C13H15N5S/c1-8-5-10-12(15-6-8)18-11(17-10)4-2-3-9-7-19-13(14)16-9/h5-7H,2-4H2,1H3,(H2,14,16)(H,15,17,18). The molecule has 0 atom stereocenters. The molecular formula is C13H15N5S. The molecule has 0 aliphatic heterocycles. The second-order valence-corrected chi connectivity index (χ2v) is 5.49. The van der Waals surface area contributed by atoms with Crippen LogP contribution in [0.15, 0.2) is 17.6 Å². The summed E-state index contributed by atoms with van der Waals surface area (Å²) >= 11 is 1.49. The number of aryl methyl sites for hydroxylation is 3. The van der Waals surface area contributed by atoms with Gasteiger partial charge in [0.25, 0.3) is 0 Å². The quantitative estimate of drug-likeness (QED) is 0.765. The van der Waals surface area contributed by atoms with Gasteiger partial charge >= 0.3 is 0 Å². The number of nitrogen functional groups attached to an aromatic ring is 1. The van der Waals surface area contributed by atoms with Crippen LogP contribution in [-0.4, -0.2) is 19.9 Å². The average Bonchev–Trinajstić information content (AvgIpc) is 2.95. The van der Waals surface area contributed by atoms with E-state index in [2.05, 4.69) is 26.0 Å². The number of pyridine rings is 1. The number of nitrogens with two attached hydrogens (primary N) is 1. The molecule has 5 nitrogen and oxygen atoms in total. The van der Waals surface area contributed by atoms with Gasteiger partial charge < -0.3 is 10.7 Å². The summed E-state index contributed by atoms with van der Waals surface area (Å²) < 4.78 is 0. The third kappa shape index (κ3) is 2.73. The summed E-state index contributed by atoms with van der Waals surface area (Å²) in [7, 11) is 0. The van der Waals surface area contributed by atoms with Crippen LogP contribution >= 0.6 is 11.3 Å². The van der Waals surface area contributed by atoms with Crippen molar-refractivity contribution < 1.29 is 0 Å². The second kappa shape index (κ2) is 4.97. The summed E-state index contributed by atoms with van der Waals surface area (Å²) in [4.78, 5) is 16.3. The number of rotatable bonds is 4. The first-order valence-electron chi connectivity index (χ1n) is 6.22. The van der Waals surface area contributed by atoms with Gasteiger partial charge in [-0.2, -0.15) is 0 Å². The molecule has 0 unspecified atom stereocenters. The molecule has 0 saturated heterocycles. The first-order valence-corrected chi connectivity index (χ1v) is 7.10. The Morgan fingerprint density at radius 2 is 2.21 bits per heavy atom. The third-order valence-corrected chi connectivity index (χ3v) is 3.66. The van der Waals surface area contributed by atoms with Crippen molar-refractivity contribution in [2.75, 3.05) is 5.73 Å². The van der Waals surface area contributed by atoms with E-state index < -0.39 is 0 Å². The number of aromatic nitrogens is 4. The summed E-state index contributed by atoms with van der Waals surface area (Å²) in [6.07, 6.45) is 4.66. The maximum absolute atomic E-state index is 5.61. The Balaban J connectivity index is 1.65. The van der Waals surface area contributed by atoms with E-state index in [9.17, 15) is 0 Å². The summed E-state index contributed by atoms with van der Waals surface area (Å²) in [5.41, 5.74) is 9.61. The molecule has 0 aromatic carbocycles. The molecule has 0 fully saturated rings. The van der Waals surface area contributed by atoms with Crippen LogP contribution in [0.5, 0.6) is 0 Å². The van der Waals surface area contributed by atoms with Gasteiger partial charge in [-0.05, 0) is 31.4 Å². The highest BCUT2D eigenvalue weighted by atomic mass is 32.1. The smallest absolute Gasteiger partial charge is 0.180 e. The minimum Gasteiger partial charge on any atom is -0.375 e. The molecule has 3 rings (SSSR count). The van der Waals surface area contributed by atoms with Crippen molar-refractivity contribution in [3.8, 4) is 0 Å². The first-order chi connectivity index (χ1) is 9.20. The molecule has 0 saturated carbocycles. The molecule has 98 valence electrons. The summed E-state index contributed by atoms with van der Waals surface area (Å²) in [5, 5.41) is 2.65. The number of anilines is 1. The highest BCUT2D eigenvalue weighted by Gasteiger charge is 2.05. The summed E-state index contributed by atoms with van der Waals surface area (Å²) in [6, 6.07) is 2.07. The fourth-order valence-electron chi connectivity index (χ4n) is 2.05. The predicted molar refractivity (Wildman–Crippen MR) is 77.2 cm³/mol. The van der Waals surface area contributed by atoms with Crippen LogP contribution < -0.4 is 5.73 Å². The third-order valence-electron chi connectivity index (χ3n) is 2.94. The minimum absolute atomic E-state index is 0.637. The molecule has 19 heavy (non-hydrogen) atoms. The highest BCUT2D eigenvalue weighted by molar-refractivity contribution is 7.13. The van der Waals surface area contributed by atoms with E-state index in [0.29, 0.717) is 5.13 Å². The van der Waals surface area contributed by atoms with Crippen molar-refractivity contribution in [1.82, 2.24) is 19.9 Å². The van der Waals surface area contributed by atoms with Gasteiger partial charge in [0.2, 0.25) is 0 Å². The van der Waals surface area contributed by atoms with Crippen LogP contribution in [0, 0.1) is 6.92 Å². The summed E-state index contributed by atoms with van der Waals surface area (Å²) in [5.74, 6) is 0.983. The number of fused-ring (bicyclic) bond motifs is 1. The molecule has 0 radical (unpaired) electrons. The predicted octanol–water partition coefficient (Wildman–Crippen LogP) is 2.48. The molecule has 6 heteroatoms. The van der Waals surface area contributed by atoms with Crippen LogP contribution in [0.2, 0.25) is 0 Å². The van der Waals surface area contributed by atoms with Gasteiger partial charge in [0.05, 0.1) is 11.2 Å². The number of aromatic amines is 1. The van der Waals surface area contributed by atoms with Gasteiger partial charge in [-0.25, -0.2) is 15.0 Å². The van der Waals surface area contributed by atoms with Crippen molar-refractivity contribution in [3.05, 3.63) is 34.7 Å². The van der Waals surface area contributed by atoms with Crippen LogP contribution in [0.4, 0.5) is 5.13 Å². The molecule has 3 aromatic heterocycles. The van der Waals surface area contributed by atoms with Gasteiger partial charge in [0.1, 0.15) is 5.82 Å². The number of hydrogen-bond donors (Lipinski definition) is 2. The maximum Gasteiger partial charge on any atom is 0.180 e. The molecular weight excluding hydrogens is 258 g/mol. The minimum atomic E-state index is 0.637. The molecule has 0 bridgehead atoms. The van der Waals surface area contributed by atoms with Gasteiger partial charge in [-0.1, -0.05) is 0 Å². The van der Waals surface area contributed by atoms with E-state index in [1.807, 2.05) is 18.5 Å². The Hall–Kier alpha value is -1.95. The van der Waals surface area contributed by atoms with Crippen molar-refractivity contribution >= 4 is 27.6 Å². The Bertz CT molecular complexity index is 700. The normalized spacial score (nSPS) is 11.2. The molecule has 0 amide bonds. The molecule has 3 heterocycles. The van der Waals surface area contributed by atoms with E-state index in [-0.39, 0.29) is 0 Å². The van der Waals surface area contributed by atoms with E-state index in [4.69, 9.17) is 5.73 Å². The molecule has 3 N–H and O–H groups in total. The molecule has 3 aromatic rings. The number of imidazole rings is 1. The monoisotopic (exact) mass is 273 g/mol. The van der Waals surface area contributed by atoms with Gasteiger partial charge in [0, 0.05) is 18.0 Å². The topological polar surface area (TPSA) is 80.5 Å². The van der Waals surface area contributed by atoms with Gasteiger partial charge in [-0.15, -0.1) is 11.3 Å². The van der Waals surface area contributed by atoms with E-state index in [1.165, 1.54) is 11.3 Å². The lowest BCUT2D eigenvalue weighted by Gasteiger charge is -1.95. The molecule has 0 aliphatic rings. The SMILES string of the molecule is Cc1cnc2nc(CCCc3csc(N)n3)[nH]c2c1. The number of hydrogen-bond acceptors (Lipinski definition) is 5. The van der Waals surface area contributed by atoms with Crippen molar-refractivity contribution in [2.24, 2.45) is 0 Å². The number of thiazole rings is 1. The zero-order chi connectivity index (χ0) is 13.2. The summed E-state index contributed by atoms with van der Waals surface area (Å²) in [6.45, 7) is 2.03. The Kier molecular flexibility index (Phi) is 3.16. The number of nitrogens with zero attached hydrogens (tertiary/aromatic N) is 3. The molecule has 0 aliphatic carbocycles. The van der Waals surface area contributed by atoms with Crippen molar-refractivity contribution in [3.63, 3.8) is 0 Å². The van der Waals surface area contributed by atoms with Crippen LogP contribution in [0.3, 0.4) is 0 Å². The van der Waals surface area contributed by atoms with Crippen molar-refractivity contribution in [1.29, 1.82) is 0 Å². The van der Waals surface area contributed by atoms with Crippen LogP contribution in [0.1, 0.15) is 23.5 Å². The lowest BCUT2D eigenvalue weighted by Crippen LogP contribution is -1.93. The fourth-order valence-corrected chi connectivity index (χ4v) is 2.64. The van der Waals surface area contributed by atoms with Crippen molar-refractivity contribution in [2.45, 2.75) is 26.2 Å². The Morgan fingerprint density at radius 3 is 3.00 bits per heavy atom. The fraction of sp³-hybridized carbons (Fsp3) is 0.308. The lowest BCUT2D eigenvalue weighted by molar-refractivity contribution is 0.774. The zero-order valence-corrected chi connectivity index (χ0v) is 11.5. The number of nitrogens with one attached hydrogen (secondary N) is 1. The Morgan fingerprint density at radius 1 is 1.32 bits per heavy atom. The van der Waals surface area contributed by atoms with E-state index >= 15 is 0 Å². The average molecular weight is 273 g/mol. The highest BCUT2D eigenvalue weighted by Crippen LogP contribution is 2.15. The van der Waals surface area contributed by atoms with Gasteiger partial charge in [-0.3, -0.25) is 0 Å². The van der Waals surface area contributed by atoms with Crippen LogP contribution in [-0.2, 0) is 12.8 Å². The Labute approximate surface area is 114 Å².